The van der Waals surface area contributed by atoms with Crippen LogP contribution in [0.25, 0.3) is 0 Å². The number of rotatable bonds is 5. The molecule has 14 heavy (non-hydrogen) atoms. The Morgan fingerprint density at radius 2 is 2.36 bits per heavy atom. The highest BCUT2D eigenvalue weighted by molar-refractivity contribution is 5.67. The lowest BCUT2D eigenvalue weighted by molar-refractivity contribution is -0.138. The first-order valence-corrected chi connectivity index (χ1v) is 5.27. The van der Waals surface area contributed by atoms with Crippen molar-refractivity contribution in [3.63, 3.8) is 0 Å². The number of aliphatic hydroxyl groups excluding tert-OH is 1. The summed E-state index contributed by atoms with van der Waals surface area (Å²) in [7, 11) is 0. The van der Waals surface area contributed by atoms with Gasteiger partial charge in [-0.25, -0.2) is 0 Å². The summed E-state index contributed by atoms with van der Waals surface area (Å²) in [5, 5.41) is 17.9. The van der Waals surface area contributed by atoms with Crippen molar-refractivity contribution in [2.75, 3.05) is 13.2 Å². The molecule has 0 aromatic carbocycles. The van der Waals surface area contributed by atoms with Crippen molar-refractivity contribution in [2.45, 2.75) is 44.7 Å². The maximum absolute atomic E-state index is 10.6. The van der Waals surface area contributed by atoms with Crippen LogP contribution < -0.4 is 0 Å². The molecule has 2 unspecified atom stereocenters. The molecule has 4 heteroatoms. The fourth-order valence-corrected chi connectivity index (χ4v) is 2.23. The van der Waals surface area contributed by atoms with Gasteiger partial charge in [0.25, 0.3) is 0 Å². The number of aliphatic hydroxyl groups is 1. The van der Waals surface area contributed by atoms with Gasteiger partial charge >= 0.3 is 5.97 Å². The lowest BCUT2D eigenvalue weighted by Crippen LogP contribution is -2.41. The Hall–Kier alpha value is -0.610. The molecule has 0 aromatic rings. The molecule has 0 radical (unpaired) electrons. The number of carboxylic acids is 1. The summed E-state index contributed by atoms with van der Waals surface area (Å²) >= 11 is 0. The van der Waals surface area contributed by atoms with Crippen molar-refractivity contribution in [1.82, 2.24) is 4.90 Å². The van der Waals surface area contributed by atoms with E-state index in [0.29, 0.717) is 0 Å². The van der Waals surface area contributed by atoms with Gasteiger partial charge in [-0.1, -0.05) is 6.92 Å². The maximum Gasteiger partial charge on any atom is 0.304 e. The number of nitrogens with zero attached hydrogens (tertiary/aromatic N) is 1. The first-order valence-electron chi connectivity index (χ1n) is 5.27. The van der Waals surface area contributed by atoms with E-state index in [2.05, 4.69) is 4.90 Å². The maximum atomic E-state index is 10.6. The summed E-state index contributed by atoms with van der Waals surface area (Å²) in [4.78, 5) is 12.8. The van der Waals surface area contributed by atoms with Crippen molar-refractivity contribution >= 4 is 5.97 Å². The van der Waals surface area contributed by atoms with Crippen LogP contribution in [0.2, 0.25) is 0 Å². The normalized spacial score (nSPS) is 25.1. The highest BCUT2D eigenvalue weighted by atomic mass is 16.4. The molecule has 82 valence electrons. The van der Waals surface area contributed by atoms with Crippen LogP contribution in [0.4, 0.5) is 0 Å². The zero-order chi connectivity index (χ0) is 10.6. The second-order valence-electron chi connectivity index (χ2n) is 3.88. The molecule has 4 nitrogen and oxygen atoms in total. The molecular weight excluding hydrogens is 182 g/mol. The molecule has 0 bridgehead atoms. The molecule has 2 N–H and O–H groups in total. The molecule has 0 aromatic heterocycles. The lowest BCUT2D eigenvalue weighted by Gasteiger charge is -2.30. The SMILES string of the molecule is CCC(CC(=O)O)N1CCCC1CO. The minimum Gasteiger partial charge on any atom is -0.481 e. The van der Waals surface area contributed by atoms with Crippen LogP contribution in [-0.4, -0.2) is 46.3 Å². The zero-order valence-electron chi connectivity index (χ0n) is 8.65. The van der Waals surface area contributed by atoms with Crippen LogP contribution in [0.5, 0.6) is 0 Å². The highest BCUT2D eigenvalue weighted by Crippen LogP contribution is 2.22. The lowest BCUT2D eigenvalue weighted by atomic mass is 10.1. The zero-order valence-corrected chi connectivity index (χ0v) is 8.65. The van der Waals surface area contributed by atoms with Crippen LogP contribution in [0.1, 0.15) is 32.6 Å². The molecule has 1 rings (SSSR count). The molecule has 1 aliphatic heterocycles. The number of hydrogen-bond donors (Lipinski definition) is 2. The fraction of sp³-hybridized carbons (Fsp3) is 0.900. The predicted octanol–water partition coefficient (Wildman–Crippen LogP) is 0.696. The number of likely N-dealkylation sites (tertiary alicyclic amines) is 1. The van der Waals surface area contributed by atoms with Gasteiger partial charge in [-0.05, 0) is 25.8 Å². The first-order chi connectivity index (χ1) is 6.69. The molecule has 1 heterocycles. The van der Waals surface area contributed by atoms with E-state index >= 15 is 0 Å². The Labute approximate surface area is 84.5 Å². The van der Waals surface area contributed by atoms with E-state index in [1.165, 1.54) is 0 Å². The number of carboxylic acid groups (broad SMARTS) is 1. The summed E-state index contributed by atoms with van der Waals surface area (Å²) in [5.74, 6) is -0.750. The Balaban J connectivity index is 2.54. The van der Waals surface area contributed by atoms with E-state index in [4.69, 9.17) is 10.2 Å². The number of carbonyl (C=O) groups is 1. The monoisotopic (exact) mass is 201 g/mol. The van der Waals surface area contributed by atoms with E-state index in [1.807, 2.05) is 6.92 Å². The third-order valence-electron chi connectivity index (χ3n) is 2.98. The second kappa shape index (κ2) is 5.32. The Bertz CT molecular complexity index is 196. The topological polar surface area (TPSA) is 60.8 Å². The fourth-order valence-electron chi connectivity index (χ4n) is 2.23. The second-order valence-corrected chi connectivity index (χ2v) is 3.88. The van der Waals surface area contributed by atoms with E-state index in [9.17, 15) is 4.79 Å². The molecule has 0 aliphatic carbocycles. The largest absolute Gasteiger partial charge is 0.481 e. The van der Waals surface area contributed by atoms with Gasteiger partial charge in [0, 0.05) is 12.1 Å². The molecule has 0 saturated carbocycles. The third kappa shape index (κ3) is 2.69. The van der Waals surface area contributed by atoms with Gasteiger partial charge in [0.1, 0.15) is 0 Å². The Morgan fingerprint density at radius 3 is 2.86 bits per heavy atom. The van der Waals surface area contributed by atoms with E-state index in [-0.39, 0.29) is 25.1 Å². The van der Waals surface area contributed by atoms with Gasteiger partial charge in [-0.3, -0.25) is 9.69 Å². The summed E-state index contributed by atoms with van der Waals surface area (Å²) in [6.45, 7) is 3.08. The van der Waals surface area contributed by atoms with Crippen molar-refractivity contribution in [3.8, 4) is 0 Å². The van der Waals surface area contributed by atoms with Gasteiger partial charge in [-0.2, -0.15) is 0 Å². The summed E-state index contributed by atoms with van der Waals surface area (Å²) < 4.78 is 0. The van der Waals surface area contributed by atoms with Gasteiger partial charge in [0.15, 0.2) is 0 Å². The average molecular weight is 201 g/mol. The van der Waals surface area contributed by atoms with Crippen molar-refractivity contribution in [2.24, 2.45) is 0 Å². The van der Waals surface area contributed by atoms with Crippen LogP contribution in [0.15, 0.2) is 0 Å². The Kier molecular flexibility index (Phi) is 4.35. The smallest absolute Gasteiger partial charge is 0.304 e. The van der Waals surface area contributed by atoms with Crippen molar-refractivity contribution in [1.29, 1.82) is 0 Å². The minimum atomic E-state index is -0.750. The van der Waals surface area contributed by atoms with Crippen LogP contribution in [0, 0.1) is 0 Å². The third-order valence-corrected chi connectivity index (χ3v) is 2.98. The number of aliphatic carboxylic acids is 1. The van der Waals surface area contributed by atoms with Gasteiger partial charge in [-0.15, -0.1) is 0 Å². The number of hydrogen-bond acceptors (Lipinski definition) is 3. The average Bonchev–Trinajstić information content (AvgIpc) is 2.61. The van der Waals surface area contributed by atoms with E-state index < -0.39 is 5.97 Å². The molecule has 2 atom stereocenters. The van der Waals surface area contributed by atoms with Crippen LogP contribution in [-0.2, 0) is 4.79 Å². The van der Waals surface area contributed by atoms with E-state index in [1.54, 1.807) is 0 Å². The molecule has 0 spiro atoms. The quantitative estimate of drug-likeness (QED) is 0.687. The summed E-state index contributed by atoms with van der Waals surface area (Å²) in [5.41, 5.74) is 0. The first kappa shape index (κ1) is 11.5. The highest BCUT2D eigenvalue weighted by Gasteiger charge is 2.30. The Morgan fingerprint density at radius 1 is 1.64 bits per heavy atom. The molecule has 1 fully saturated rings. The van der Waals surface area contributed by atoms with Gasteiger partial charge in [0.05, 0.1) is 13.0 Å². The molecule has 1 saturated heterocycles. The van der Waals surface area contributed by atoms with Gasteiger partial charge in [0.2, 0.25) is 0 Å². The minimum absolute atomic E-state index is 0.0900. The predicted molar refractivity (Wildman–Crippen MR) is 53.1 cm³/mol. The molecule has 0 amide bonds. The van der Waals surface area contributed by atoms with Crippen LogP contribution in [0.3, 0.4) is 0 Å². The van der Waals surface area contributed by atoms with Gasteiger partial charge < -0.3 is 10.2 Å². The van der Waals surface area contributed by atoms with Crippen LogP contribution >= 0.6 is 0 Å². The van der Waals surface area contributed by atoms with E-state index in [0.717, 1.165) is 25.8 Å². The molecular formula is C10H19NO3. The molecule has 1 aliphatic rings. The summed E-state index contributed by atoms with van der Waals surface area (Å²) in [6, 6.07) is 0.270. The summed E-state index contributed by atoms with van der Waals surface area (Å²) in [6.07, 6.45) is 3.09. The van der Waals surface area contributed by atoms with Crippen molar-refractivity contribution in [3.05, 3.63) is 0 Å². The standard InChI is InChI=1S/C10H19NO3/c1-2-8(6-10(13)14)11-5-3-4-9(11)7-12/h8-9,12H,2-7H2,1H3,(H,13,14). The van der Waals surface area contributed by atoms with Crippen molar-refractivity contribution < 1.29 is 15.0 Å².